The van der Waals surface area contributed by atoms with Crippen molar-refractivity contribution in [3.63, 3.8) is 0 Å². The highest BCUT2D eigenvalue weighted by atomic mass is 32.2. The zero-order chi connectivity index (χ0) is 17.6. The Balaban J connectivity index is 2.58. The molecule has 0 saturated carbocycles. The molecule has 0 aliphatic carbocycles. The zero-order valence-corrected chi connectivity index (χ0v) is 13.8. The number of pyridine rings is 1. The van der Waals surface area contributed by atoms with Crippen LogP contribution in [0.15, 0.2) is 59.8 Å². The normalized spacial score (nSPS) is 13.7. The number of rotatable bonds is 7. The summed E-state index contributed by atoms with van der Waals surface area (Å²) in [5, 5.41) is -1.78. The Bertz CT molecular complexity index is 790. The van der Waals surface area contributed by atoms with Gasteiger partial charge in [0.15, 0.2) is 10.3 Å². The molecule has 0 radical (unpaired) electrons. The Morgan fingerprint density at radius 1 is 1.17 bits per heavy atom. The van der Waals surface area contributed by atoms with E-state index in [2.05, 4.69) is 4.98 Å². The van der Waals surface area contributed by atoms with E-state index in [1.54, 1.807) is 36.4 Å². The van der Waals surface area contributed by atoms with Crippen molar-refractivity contribution in [2.45, 2.75) is 22.6 Å². The number of sulfone groups is 1. The van der Waals surface area contributed by atoms with E-state index < -0.39 is 27.0 Å². The predicted molar refractivity (Wildman–Crippen MR) is 87.1 cm³/mol. The molecule has 0 aliphatic heterocycles. The lowest BCUT2D eigenvalue weighted by atomic mass is 9.92. The van der Waals surface area contributed by atoms with E-state index in [4.69, 9.17) is 4.74 Å². The van der Waals surface area contributed by atoms with Crippen molar-refractivity contribution < 1.29 is 22.7 Å². The van der Waals surface area contributed by atoms with Crippen molar-refractivity contribution in [2.75, 3.05) is 7.11 Å². The lowest BCUT2D eigenvalue weighted by molar-refractivity contribution is -0.140. The molecule has 0 spiro atoms. The number of nitrogens with zero attached hydrogens (tertiary/aromatic N) is 1. The molecular formula is C17H17NO5S. The summed E-state index contributed by atoms with van der Waals surface area (Å²) in [7, 11) is -3.01. The third-order valence-corrected chi connectivity index (χ3v) is 5.65. The van der Waals surface area contributed by atoms with E-state index in [9.17, 15) is 18.0 Å². The highest BCUT2D eigenvalue weighted by Crippen LogP contribution is 2.31. The maximum Gasteiger partial charge on any atom is 0.325 e. The average molecular weight is 347 g/mol. The summed E-state index contributed by atoms with van der Waals surface area (Å²) < 4.78 is 30.6. The van der Waals surface area contributed by atoms with Crippen LogP contribution < -0.4 is 0 Å². The second kappa shape index (κ2) is 7.83. The number of esters is 1. The van der Waals surface area contributed by atoms with Gasteiger partial charge in [0.2, 0.25) is 9.84 Å². The van der Waals surface area contributed by atoms with Crippen LogP contribution in [0.4, 0.5) is 0 Å². The first-order valence-electron chi connectivity index (χ1n) is 7.23. The van der Waals surface area contributed by atoms with Gasteiger partial charge in [0, 0.05) is 18.5 Å². The second-order valence-corrected chi connectivity index (χ2v) is 7.09. The van der Waals surface area contributed by atoms with Crippen molar-refractivity contribution >= 4 is 22.1 Å². The third kappa shape index (κ3) is 3.68. The number of methoxy groups -OCH3 is 1. The number of hydrogen-bond acceptors (Lipinski definition) is 6. The van der Waals surface area contributed by atoms with Crippen molar-refractivity contribution in [3.8, 4) is 0 Å². The molecule has 2 rings (SSSR count). The molecule has 2 atom stereocenters. The molecule has 126 valence electrons. The minimum Gasteiger partial charge on any atom is -0.468 e. The molecule has 0 amide bonds. The predicted octanol–water partition coefficient (Wildman–Crippen LogP) is 1.77. The molecule has 7 heteroatoms. The van der Waals surface area contributed by atoms with Crippen LogP contribution in [0.25, 0.3) is 0 Å². The van der Waals surface area contributed by atoms with E-state index >= 15 is 0 Å². The van der Waals surface area contributed by atoms with Crippen molar-refractivity contribution in [2.24, 2.45) is 0 Å². The smallest absolute Gasteiger partial charge is 0.325 e. The van der Waals surface area contributed by atoms with Gasteiger partial charge in [0.25, 0.3) is 0 Å². The summed E-state index contributed by atoms with van der Waals surface area (Å²) in [4.78, 5) is 27.2. The Labute approximate surface area is 140 Å². The van der Waals surface area contributed by atoms with Gasteiger partial charge in [-0.2, -0.15) is 0 Å². The van der Waals surface area contributed by atoms with Crippen LogP contribution in [0, 0.1) is 0 Å². The summed E-state index contributed by atoms with van der Waals surface area (Å²) in [6.45, 7) is 0. The number of carbonyl (C=O) groups excluding carboxylic acids is 2. The molecule has 0 bridgehead atoms. The first-order chi connectivity index (χ1) is 11.5. The third-order valence-electron chi connectivity index (χ3n) is 3.64. The number of carbonyl (C=O) groups is 2. The van der Waals surface area contributed by atoms with Gasteiger partial charge in [-0.25, -0.2) is 13.4 Å². The van der Waals surface area contributed by atoms with Gasteiger partial charge in [-0.1, -0.05) is 36.4 Å². The number of benzene rings is 1. The summed E-state index contributed by atoms with van der Waals surface area (Å²) in [5.41, 5.74) is 0.569. The first kappa shape index (κ1) is 17.8. The fourth-order valence-electron chi connectivity index (χ4n) is 2.51. The van der Waals surface area contributed by atoms with E-state index in [0.717, 1.165) is 7.11 Å². The SMILES string of the molecule is COC(=O)[C@H]([C@@H](CC=O)c1ccccc1)S(=O)(=O)c1ccccn1. The van der Waals surface area contributed by atoms with Crippen LogP contribution in [0.1, 0.15) is 17.9 Å². The van der Waals surface area contributed by atoms with Gasteiger partial charge in [0.1, 0.15) is 6.29 Å². The van der Waals surface area contributed by atoms with Gasteiger partial charge >= 0.3 is 5.97 Å². The van der Waals surface area contributed by atoms with Crippen LogP contribution in [-0.2, 0) is 24.2 Å². The molecule has 1 aromatic heterocycles. The molecule has 0 fully saturated rings. The molecule has 0 N–H and O–H groups in total. The standard InChI is InChI=1S/C17H17NO5S/c1-23-17(20)16(24(21,22)15-9-5-6-11-18-15)14(10-12-19)13-7-3-2-4-8-13/h2-9,11-12,14,16H,10H2,1H3/t14-,16-/m0/s1. The average Bonchev–Trinajstić information content (AvgIpc) is 2.62. The monoisotopic (exact) mass is 347 g/mol. The Morgan fingerprint density at radius 2 is 1.83 bits per heavy atom. The second-order valence-electron chi connectivity index (χ2n) is 5.08. The number of aromatic nitrogens is 1. The number of ether oxygens (including phenoxy) is 1. The quantitative estimate of drug-likeness (QED) is 0.560. The molecule has 0 unspecified atom stereocenters. The maximum atomic E-state index is 12.9. The number of aldehydes is 1. The highest BCUT2D eigenvalue weighted by Gasteiger charge is 2.42. The van der Waals surface area contributed by atoms with E-state index in [-0.39, 0.29) is 11.4 Å². The van der Waals surface area contributed by atoms with Crippen molar-refractivity contribution in [1.29, 1.82) is 0 Å². The molecule has 0 aliphatic rings. The highest BCUT2D eigenvalue weighted by molar-refractivity contribution is 7.92. The molecule has 1 aromatic carbocycles. The minimum atomic E-state index is -4.13. The topological polar surface area (TPSA) is 90.4 Å². The van der Waals surface area contributed by atoms with Gasteiger partial charge in [-0.05, 0) is 17.7 Å². The lowest BCUT2D eigenvalue weighted by Gasteiger charge is -2.23. The first-order valence-corrected chi connectivity index (χ1v) is 8.78. The molecule has 2 aromatic rings. The van der Waals surface area contributed by atoms with Crippen LogP contribution in [0.2, 0.25) is 0 Å². The largest absolute Gasteiger partial charge is 0.468 e. The van der Waals surface area contributed by atoms with Crippen LogP contribution in [0.3, 0.4) is 0 Å². The summed E-state index contributed by atoms with van der Waals surface area (Å²) in [6.07, 6.45) is 1.80. The summed E-state index contributed by atoms with van der Waals surface area (Å²) in [5.74, 6) is -1.78. The van der Waals surface area contributed by atoms with Crippen LogP contribution in [-0.4, -0.2) is 38.0 Å². The summed E-state index contributed by atoms with van der Waals surface area (Å²) in [6, 6.07) is 13.0. The van der Waals surface area contributed by atoms with Gasteiger partial charge in [-0.15, -0.1) is 0 Å². The molecule has 6 nitrogen and oxygen atoms in total. The minimum absolute atomic E-state index is 0.129. The maximum absolute atomic E-state index is 12.9. The summed E-state index contributed by atoms with van der Waals surface area (Å²) >= 11 is 0. The Morgan fingerprint density at radius 3 is 2.38 bits per heavy atom. The van der Waals surface area contributed by atoms with Crippen LogP contribution >= 0.6 is 0 Å². The van der Waals surface area contributed by atoms with E-state index in [1.807, 2.05) is 0 Å². The Kier molecular flexibility index (Phi) is 5.81. The van der Waals surface area contributed by atoms with E-state index in [0.29, 0.717) is 11.8 Å². The molecule has 0 saturated heterocycles. The number of hydrogen-bond donors (Lipinski definition) is 0. The molecule has 24 heavy (non-hydrogen) atoms. The van der Waals surface area contributed by atoms with Crippen LogP contribution in [0.5, 0.6) is 0 Å². The van der Waals surface area contributed by atoms with Crippen molar-refractivity contribution in [3.05, 3.63) is 60.3 Å². The van der Waals surface area contributed by atoms with Gasteiger partial charge in [0.05, 0.1) is 7.11 Å². The zero-order valence-electron chi connectivity index (χ0n) is 13.0. The van der Waals surface area contributed by atoms with Crippen molar-refractivity contribution in [1.82, 2.24) is 4.98 Å². The fraction of sp³-hybridized carbons (Fsp3) is 0.235. The van der Waals surface area contributed by atoms with E-state index in [1.165, 1.54) is 18.3 Å². The lowest BCUT2D eigenvalue weighted by Crippen LogP contribution is -2.38. The Hall–Kier alpha value is -2.54. The fourth-order valence-corrected chi connectivity index (χ4v) is 4.29. The molecular weight excluding hydrogens is 330 g/mol. The van der Waals surface area contributed by atoms with Gasteiger partial charge < -0.3 is 9.53 Å². The molecule has 1 heterocycles. The van der Waals surface area contributed by atoms with Gasteiger partial charge in [-0.3, -0.25) is 4.79 Å².